The van der Waals surface area contributed by atoms with E-state index in [1.165, 1.54) is 0 Å². The summed E-state index contributed by atoms with van der Waals surface area (Å²) in [5, 5.41) is 1.06. The highest BCUT2D eigenvalue weighted by atomic mass is 31.0. The van der Waals surface area contributed by atoms with Gasteiger partial charge in [-0.2, -0.15) is 0 Å². The molecule has 0 aromatic heterocycles. The number of hydrogen-bond donors (Lipinski definition) is 0. The Labute approximate surface area is 74.1 Å². The molecule has 0 fully saturated rings. The molecule has 2 nitrogen and oxygen atoms in total. The minimum atomic E-state index is -0.262. The predicted molar refractivity (Wildman–Crippen MR) is 51.7 cm³/mol. The van der Waals surface area contributed by atoms with Crippen molar-refractivity contribution in [2.75, 3.05) is 6.61 Å². The van der Waals surface area contributed by atoms with E-state index in [0.29, 0.717) is 12.2 Å². The lowest BCUT2D eigenvalue weighted by Crippen LogP contribution is -2.05. The van der Waals surface area contributed by atoms with Gasteiger partial charge in [-0.15, -0.1) is 9.24 Å². The van der Waals surface area contributed by atoms with Crippen LogP contribution >= 0.6 is 9.24 Å². The maximum absolute atomic E-state index is 11.1. The second-order valence-corrected chi connectivity index (χ2v) is 3.01. The van der Waals surface area contributed by atoms with Crippen molar-refractivity contribution < 1.29 is 9.53 Å². The molecule has 0 heterocycles. The number of benzene rings is 1. The maximum atomic E-state index is 11.1. The van der Waals surface area contributed by atoms with Crippen LogP contribution in [0.25, 0.3) is 0 Å². The van der Waals surface area contributed by atoms with Crippen molar-refractivity contribution in [2.45, 2.75) is 6.92 Å². The first kappa shape index (κ1) is 9.21. The second-order valence-electron chi connectivity index (χ2n) is 2.34. The van der Waals surface area contributed by atoms with Gasteiger partial charge in [0.25, 0.3) is 0 Å². The Kier molecular flexibility index (Phi) is 3.24. The molecule has 0 amide bonds. The summed E-state index contributed by atoms with van der Waals surface area (Å²) in [4.78, 5) is 11.1. The van der Waals surface area contributed by atoms with Gasteiger partial charge in [-0.1, -0.05) is 12.1 Å². The van der Waals surface area contributed by atoms with Crippen LogP contribution < -0.4 is 5.30 Å². The molecule has 0 spiro atoms. The number of carbonyl (C=O) groups is 1. The van der Waals surface area contributed by atoms with E-state index in [1.54, 1.807) is 19.1 Å². The molecule has 0 radical (unpaired) electrons. The largest absolute Gasteiger partial charge is 0.462 e. The number of esters is 1. The van der Waals surface area contributed by atoms with E-state index in [-0.39, 0.29) is 5.97 Å². The zero-order chi connectivity index (χ0) is 8.97. The van der Waals surface area contributed by atoms with E-state index in [1.807, 2.05) is 12.1 Å². The highest BCUT2D eigenvalue weighted by Crippen LogP contribution is 2.01. The van der Waals surface area contributed by atoms with Crippen LogP contribution in [0.4, 0.5) is 0 Å². The van der Waals surface area contributed by atoms with Gasteiger partial charge in [-0.25, -0.2) is 4.79 Å². The monoisotopic (exact) mass is 182 g/mol. The Morgan fingerprint density at radius 3 is 2.50 bits per heavy atom. The van der Waals surface area contributed by atoms with E-state index in [0.717, 1.165) is 5.30 Å². The molecule has 1 aromatic rings. The van der Waals surface area contributed by atoms with Crippen LogP contribution in [0.15, 0.2) is 24.3 Å². The maximum Gasteiger partial charge on any atom is 0.338 e. The number of ether oxygens (including phenoxy) is 1. The van der Waals surface area contributed by atoms with E-state index in [4.69, 9.17) is 4.74 Å². The van der Waals surface area contributed by atoms with Crippen LogP contribution in [-0.2, 0) is 4.74 Å². The molecule has 1 unspecified atom stereocenters. The van der Waals surface area contributed by atoms with Gasteiger partial charge in [0.1, 0.15) is 0 Å². The van der Waals surface area contributed by atoms with Crippen LogP contribution in [0, 0.1) is 0 Å². The van der Waals surface area contributed by atoms with Gasteiger partial charge in [-0.05, 0) is 24.4 Å². The zero-order valence-corrected chi connectivity index (χ0v) is 8.07. The first-order valence-electron chi connectivity index (χ1n) is 3.76. The Bertz CT molecular complexity index is 266. The van der Waals surface area contributed by atoms with Crippen molar-refractivity contribution >= 4 is 20.5 Å². The summed E-state index contributed by atoms with van der Waals surface area (Å²) in [7, 11) is 2.56. The number of carbonyl (C=O) groups excluding carboxylic acids is 1. The molecule has 64 valence electrons. The Hall–Kier alpha value is -0.880. The SMILES string of the molecule is CCOC(=O)c1ccc(P)cc1. The van der Waals surface area contributed by atoms with Crippen molar-refractivity contribution in [1.29, 1.82) is 0 Å². The summed E-state index contributed by atoms with van der Waals surface area (Å²) < 4.78 is 4.82. The summed E-state index contributed by atoms with van der Waals surface area (Å²) in [5.74, 6) is -0.262. The third-order valence-electron chi connectivity index (χ3n) is 1.42. The van der Waals surface area contributed by atoms with Gasteiger partial charge in [0.15, 0.2) is 0 Å². The van der Waals surface area contributed by atoms with Crippen molar-refractivity contribution in [3.8, 4) is 0 Å². The minimum Gasteiger partial charge on any atom is -0.462 e. The zero-order valence-electron chi connectivity index (χ0n) is 6.91. The molecular weight excluding hydrogens is 171 g/mol. The van der Waals surface area contributed by atoms with E-state index >= 15 is 0 Å². The third kappa shape index (κ3) is 2.31. The fraction of sp³-hybridized carbons (Fsp3) is 0.222. The van der Waals surface area contributed by atoms with Crippen LogP contribution in [0.3, 0.4) is 0 Å². The topological polar surface area (TPSA) is 26.3 Å². The van der Waals surface area contributed by atoms with Crippen molar-refractivity contribution in [2.24, 2.45) is 0 Å². The minimum absolute atomic E-state index is 0.262. The van der Waals surface area contributed by atoms with E-state index < -0.39 is 0 Å². The van der Waals surface area contributed by atoms with Crippen LogP contribution in [0.5, 0.6) is 0 Å². The lowest BCUT2D eigenvalue weighted by atomic mass is 10.2. The van der Waals surface area contributed by atoms with Crippen LogP contribution in [0.1, 0.15) is 17.3 Å². The quantitative estimate of drug-likeness (QED) is 0.510. The smallest absolute Gasteiger partial charge is 0.338 e. The summed E-state index contributed by atoms with van der Waals surface area (Å²) >= 11 is 0. The van der Waals surface area contributed by atoms with Gasteiger partial charge in [0, 0.05) is 0 Å². The summed E-state index contributed by atoms with van der Waals surface area (Å²) in [6.45, 7) is 2.21. The molecule has 3 heteroatoms. The lowest BCUT2D eigenvalue weighted by Gasteiger charge is -2.00. The first-order valence-corrected chi connectivity index (χ1v) is 4.34. The molecule has 0 aliphatic carbocycles. The molecule has 0 aliphatic heterocycles. The molecule has 12 heavy (non-hydrogen) atoms. The highest BCUT2D eigenvalue weighted by Gasteiger charge is 2.03. The van der Waals surface area contributed by atoms with Crippen LogP contribution in [-0.4, -0.2) is 12.6 Å². The molecule has 0 aliphatic rings. The third-order valence-corrected chi connectivity index (χ3v) is 1.81. The number of hydrogen-bond acceptors (Lipinski definition) is 2. The molecule has 0 saturated carbocycles. The molecule has 0 saturated heterocycles. The molecule has 1 rings (SSSR count). The molecule has 0 bridgehead atoms. The normalized spacial score (nSPS) is 9.50. The predicted octanol–water partition coefficient (Wildman–Crippen LogP) is 1.36. The van der Waals surface area contributed by atoms with Gasteiger partial charge >= 0.3 is 5.97 Å². The standard InChI is InChI=1S/C9H11O2P/c1-2-11-9(10)7-3-5-8(12)6-4-7/h3-6H,2,12H2,1H3. The average molecular weight is 182 g/mol. The van der Waals surface area contributed by atoms with E-state index in [2.05, 4.69) is 9.24 Å². The van der Waals surface area contributed by atoms with Gasteiger partial charge in [0.05, 0.1) is 12.2 Å². The first-order chi connectivity index (χ1) is 5.74. The molecule has 1 aromatic carbocycles. The Balaban J connectivity index is 2.75. The molecule has 1 atom stereocenters. The summed E-state index contributed by atoms with van der Waals surface area (Å²) in [6, 6.07) is 7.22. The van der Waals surface area contributed by atoms with Crippen molar-refractivity contribution in [3.63, 3.8) is 0 Å². The summed E-state index contributed by atoms with van der Waals surface area (Å²) in [5.41, 5.74) is 0.600. The van der Waals surface area contributed by atoms with Gasteiger partial charge in [0.2, 0.25) is 0 Å². The summed E-state index contributed by atoms with van der Waals surface area (Å²) in [6.07, 6.45) is 0. The highest BCUT2D eigenvalue weighted by molar-refractivity contribution is 7.27. The Morgan fingerprint density at radius 1 is 1.42 bits per heavy atom. The second kappa shape index (κ2) is 4.22. The average Bonchev–Trinajstić information content (AvgIpc) is 2.06. The Morgan fingerprint density at radius 2 is 2.00 bits per heavy atom. The van der Waals surface area contributed by atoms with Gasteiger partial charge in [-0.3, -0.25) is 0 Å². The van der Waals surface area contributed by atoms with Gasteiger partial charge < -0.3 is 4.74 Å². The fourth-order valence-corrected chi connectivity index (χ4v) is 1.03. The fourth-order valence-electron chi connectivity index (χ4n) is 0.834. The van der Waals surface area contributed by atoms with Crippen molar-refractivity contribution in [1.82, 2.24) is 0 Å². The molecular formula is C9H11O2P. The van der Waals surface area contributed by atoms with Crippen LogP contribution in [0.2, 0.25) is 0 Å². The lowest BCUT2D eigenvalue weighted by molar-refractivity contribution is 0.0526. The van der Waals surface area contributed by atoms with E-state index in [9.17, 15) is 4.79 Å². The molecule has 0 N–H and O–H groups in total. The van der Waals surface area contributed by atoms with Crippen molar-refractivity contribution in [3.05, 3.63) is 29.8 Å². The number of rotatable bonds is 2.